The molecule has 0 amide bonds. The molecule has 0 bridgehead atoms. The molecule has 0 heterocycles. The lowest BCUT2D eigenvalue weighted by Crippen LogP contribution is -2.15. The molecule has 1 aliphatic carbocycles. The summed E-state index contributed by atoms with van der Waals surface area (Å²) >= 11 is 0. The lowest BCUT2D eigenvalue weighted by atomic mass is 9.82. The van der Waals surface area contributed by atoms with E-state index in [0.29, 0.717) is 0 Å². The lowest BCUT2D eigenvalue weighted by molar-refractivity contribution is 0.660. The van der Waals surface area contributed by atoms with E-state index < -0.39 is 0 Å². The molecule has 10 aromatic carbocycles. The summed E-state index contributed by atoms with van der Waals surface area (Å²) in [6.07, 6.45) is 0. The van der Waals surface area contributed by atoms with Crippen LogP contribution in [-0.2, 0) is 5.41 Å². The predicted octanol–water partition coefficient (Wildman–Crippen LogP) is 15.4. The molecule has 10 aromatic rings. The highest BCUT2D eigenvalue weighted by Crippen LogP contribution is 2.51. The van der Waals surface area contributed by atoms with Crippen LogP contribution in [0.3, 0.4) is 0 Å². The first-order valence-electron chi connectivity index (χ1n) is 19.6. The Hall–Kier alpha value is -6.96. The van der Waals surface area contributed by atoms with Gasteiger partial charge in [0, 0.05) is 22.5 Å². The van der Waals surface area contributed by atoms with Crippen LogP contribution in [0.25, 0.3) is 76.5 Å². The number of hydrogen-bond donors (Lipinski definition) is 0. The van der Waals surface area contributed by atoms with Crippen molar-refractivity contribution in [2.45, 2.75) is 19.3 Å². The molecule has 0 spiro atoms. The summed E-state index contributed by atoms with van der Waals surface area (Å²) < 4.78 is 0. The minimum atomic E-state index is -0.0558. The summed E-state index contributed by atoms with van der Waals surface area (Å²) in [6.45, 7) is 4.70. The summed E-state index contributed by atoms with van der Waals surface area (Å²) in [7, 11) is 0. The lowest BCUT2D eigenvalue weighted by Gasteiger charge is -2.28. The third-order valence-corrected chi connectivity index (χ3v) is 12.2. The molecule has 0 N–H and O–H groups in total. The van der Waals surface area contributed by atoms with E-state index in [1.807, 2.05) is 0 Å². The van der Waals surface area contributed by atoms with Crippen LogP contribution < -0.4 is 4.90 Å². The fourth-order valence-electron chi connectivity index (χ4n) is 9.39. The van der Waals surface area contributed by atoms with Gasteiger partial charge in [0.1, 0.15) is 0 Å². The van der Waals surface area contributed by atoms with Gasteiger partial charge >= 0.3 is 0 Å². The van der Waals surface area contributed by atoms with E-state index in [1.54, 1.807) is 0 Å². The van der Waals surface area contributed by atoms with E-state index in [1.165, 1.54) is 87.6 Å². The average molecular weight is 714 g/mol. The molecule has 1 heteroatoms. The maximum atomic E-state index is 2.43. The summed E-state index contributed by atoms with van der Waals surface area (Å²) in [6, 6.07) is 74.1. The Kier molecular flexibility index (Phi) is 7.28. The first-order chi connectivity index (χ1) is 27.5. The molecule has 0 saturated heterocycles. The average Bonchev–Trinajstić information content (AvgIpc) is 3.48. The van der Waals surface area contributed by atoms with Crippen LogP contribution in [0.5, 0.6) is 0 Å². The number of hydrogen-bond acceptors (Lipinski definition) is 1. The summed E-state index contributed by atoms with van der Waals surface area (Å²) in [5, 5.41) is 10.2. The molecule has 0 aliphatic heterocycles. The minimum Gasteiger partial charge on any atom is -0.310 e. The van der Waals surface area contributed by atoms with Crippen molar-refractivity contribution in [3.05, 3.63) is 211 Å². The van der Waals surface area contributed by atoms with Crippen LogP contribution in [0.15, 0.2) is 200 Å². The van der Waals surface area contributed by atoms with Gasteiger partial charge in [0.15, 0.2) is 0 Å². The van der Waals surface area contributed by atoms with E-state index in [2.05, 4.69) is 219 Å². The van der Waals surface area contributed by atoms with Gasteiger partial charge in [0.2, 0.25) is 0 Å². The van der Waals surface area contributed by atoms with Crippen molar-refractivity contribution in [3.8, 4) is 33.4 Å². The van der Waals surface area contributed by atoms with Crippen LogP contribution in [0.4, 0.5) is 17.1 Å². The van der Waals surface area contributed by atoms with Gasteiger partial charge in [-0.2, -0.15) is 0 Å². The number of rotatable bonds is 5. The van der Waals surface area contributed by atoms with E-state index in [0.717, 1.165) is 17.1 Å². The van der Waals surface area contributed by atoms with Gasteiger partial charge in [-0.15, -0.1) is 0 Å². The molecule has 0 radical (unpaired) electrons. The largest absolute Gasteiger partial charge is 0.310 e. The van der Waals surface area contributed by atoms with Crippen molar-refractivity contribution in [1.29, 1.82) is 0 Å². The van der Waals surface area contributed by atoms with Gasteiger partial charge in [0.25, 0.3) is 0 Å². The molecule has 0 fully saturated rings. The highest BCUT2D eigenvalue weighted by Gasteiger charge is 2.35. The van der Waals surface area contributed by atoms with Crippen molar-refractivity contribution in [2.75, 3.05) is 4.90 Å². The third-order valence-electron chi connectivity index (χ3n) is 12.2. The number of benzene rings is 10. The molecular formula is C55H39N. The molecular weight excluding hydrogens is 675 g/mol. The van der Waals surface area contributed by atoms with Gasteiger partial charge in [-0.05, 0) is 136 Å². The van der Waals surface area contributed by atoms with Crippen molar-refractivity contribution >= 4 is 60.2 Å². The zero-order valence-corrected chi connectivity index (χ0v) is 31.5. The second-order valence-corrected chi connectivity index (χ2v) is 15.7. The highest BCUT2D eigenvalue weighted by atomic mass is 15.1. The monoisotopic (exact) mass is 713 g/mol. The Morgan fingerprint density at radius 1 is 0.321 bits per heavy atom. The summed E-state index contributed by atoms with van der Waals surface area (Å²) in [4.78, 5) is 2.43. The first kappa shape index (κ1) is 32.5. The third kappa shape index (κ3) is 5.08. The molecule has 0 aromatic heterocycles. The zero-order chi connectivity index (χ0) is 37.4. The van der Waals surface area contributed by atoms with Gasteiger partial charge in [-0.1, -0.05) is 166 Å². The van der Waals surface area contributed by atoms with Crippen LogP contribution >= 0.6 is 0 Å². The van der Waals surface area contributed by atoms with Gasteiger partial charge in [0.05, 0.1) is 0 Å². The number of nitrogens with zero attached hydrogens (tertiary/aromatic N) is 1. The Balaban J connectivity index is 1.09. The van der Waals surface area contributed by atoms with E-state index in [9.17, 15) is 0 Å². The number of fused-ring (bicyclic) bond motifs is 9. The maximum absolute atomic E-state index is 2.43. The Labute approximate surface area is 327 Å². The van der Waals surface area contributed by atoms with E-state index in [-0.39, 0.29) is 5.41 Å². The van der Waals surface area contributed by atoms with Gasteiger partial charge in [-0.25, -0.2) is 0 Å². The molecule has 0 atom stereocenters. The molecule has 1 nitrogen and oxygen atoms in total. The summed E-state index contributed by atoms with van der Waals surface area (Å²) in [5.74, 6) is 0. The molecule has 56 heavy (non-hydrogen) atoms. The first-order valence-corrected chi connectivity index (χ1v) is 19.6. The Bertz CT molecular complexity index is 3170. The number of anilines is 3. The zero-order valence-electron chi connectivity index (χ0n) is 31.5. The smallest absolute Gasteiger partial charge is 0.0468 e. The molecule has 1 aliphatic rings. The fraction of sp³-hybridized carbons (Fsp3) is 0.0545. The second-order valence-electron chi connectivity index (χ2n) is 15.7. The fourth-order valence-corrected chi connectivity index (χ4v) is 9.39. The van der Waals surface area contributed by atoms with Crippen LogP contribution in [0, 0.1) is 0 Å². The minimum absolute atomic E-state index is 0.0558. The molecule has 0 saturated carbocycles. The SMILES string of the molecule is CC1(C)c2ccccc2-c2cc(N(c3ccc(-c4cc5ccccc5c5ccc6ccccc6c45)cc3)c3cccc(-c4ccc5ccccc5c4)c3)ccc21. The topological polar surface area (TPSA) is 3.24 Å². The predicted molar refractivity (Wildman–Crippen MR) is 240 cm³/mol. The van der Waals surface area contributed by atoms with Gasteiger partial charge < -0.3 is 4.90 Å². The summed E-state index contributed by atoms with van der Waals surface area (Å²) in [5.41, 5.74) is 13.6. The molecule has 264 valence electrons. The Morgan fingerprint density at radius 2 is 0.946 bits per heavy atom. The molecule has 11 rings (SSSR count). The van der Waals surface area contributed by atoms with Gasteiger partial charge in [-0.3, -0.25) is 0 Å². The maximum Gasteiger partial charge on any atom is 0.0468 e. The van der Waals surface area contributed by atoms with Crippen LogP contribution in [0.2, 0.25) is 0 Å². The van der Waals surface area contributed by atoms with Crippen LogP contribution in [0.1, 0.15) is 25.0 Å². The quantitative estimate of drug-likeness (QED) is 0.161. The van der Waals surface area contributed by atoms with E-state index in [4.69, 9.17) is 0 Å². The van der Waals surface area contributed by atoms with Crippen molar-refractivity contribution in [3.63, 3.8) is 0 Å². The highest BCUT2D eigenvalue weighted by molar-refractivity contribution is 6.23. The second kappa shape index (κ2) is 12.5. The normalized spacial score (nSPS) is 13.0. The Morgan fingerprint density at radius 3 is 1.80 bits per heavy atom. The van der Waals surface area contributed by atoms with Crippen molar-refractivity contribution in [2.24, 2.45) is 0 Å². The van der Waals surface area contributed by atoms with Crippen molar-refractivity contribution < 1.29 is 0 Å². The van der Waals surface area contributed by atoms with Crippen LogP contribution in [-0.4, -0.2) is 0 Å². The molecule has 0 unspecified atom stereocenters. The standard InChI is InChI=1S/C55H39N/c1-55(2)52-21-10-9-20-48(52)51-35-45(29-31-53(51)55)56(44-17-11-16-40(33-44)41-23-22-36-12-3-4-14-39(36)32-41)43-27-24-38(25-28-43)50-34-42-15-6-7-18-46(42)49-30-26-37-13-5-8-19-47(37)54(49)50/h3-35H,1-2H3. The van der Waals surface area contributed by atoms with E-state index >= 15 is 0 Å². The van der Waals surface area contributed by atoms with Crippen molar-refractivity contribution in [1.82, 2.24) is 0 Å².